The zero-order valence-corrected chi connectivity index (χ0v) is 19.0. The second-order valence-corrected chi connectivity index (χ2v) is 8.05. The number of aliphatic imine (C=N–C) groups is 1. The standard InChI is InChI=1S/C23H25N3O5S/c1-4-30-18-12-10-16(11-13-18)24-20(27)14-19-21(28)26(3)23(32-19)25-17-8-6-15(7-9-17)22(29)31-5-2/h6-13,19H,4-5,14H2,1-3H3,(H,24,27)/t19-/m1/s1. The number of rotatable bonds is 8. The highest BCUT2D eigenvalue weighted by Crippen LogP contribution is 2.31. The molecule has 1 fully saturated rings. The first-order chi connectivity index (χ1) is 15.4. The summed E-state index contributed by atoms with van der Waals surface area (Å²) in [5.74, 6) is -0.107. The Balaban J connectivity index is 1.61. The molecule has 3 rings (SSSR count). The summed E-state index contributed by atoms with van der Waals surface area (Å²) in [6, 6.07) is 13.7. The van der Waals surface area contributed by atoms with Crippen LogP contribution in [0.5, 0.6) is 5.75 Å². The molecule has 0 aromatic heterocycles. The van der Waals surface area contributed by atoms with Gasteiger partial charge in [0.25, 0.3) is 0 Å². The number of benzene rings is 2. The van der Waals surface area contributed by atoms with Crippen molar-refractivity contribution < 1.29 is 23.9 Å². The minimum atomic E-state index is -0.555. The van der Waals surface area contributed by atoms with Crippen molar-refractivity contribution in [3.05, 3.63) is 54.1 Å². The minimum absolute atomic E-state index is 0.0296. The van der Waals surface area contributed by atoms with Crippen LogP contribution in [-0.2, 0) is 14.3 Å². The van der Waals surface area contributed by atoms with E-state index in [-0.39, 0.29) is 18.2 Å². The van der Waals surface area contributed by atoms with Gasteiger partial charge in [-0.2, -0.15) is 0 Å². The van der Waals surface area contributed by atoms with Crippen molar-refractivity contribution in [3.63, 3.8) is 0 Å². The van der Waals surface area contributed by atoms with Gasteiger partial charge in [-0.15, -0.1) is 0 Å². The molecule has 1 atom stereocenters. The third kappa shape index (κ3) is 5.88. The smallest absolute Gasteiger partial charge is 0.338 e. The Labute approximate surface area is 191 Å². The van der Waals surface area contributed by atoms with Crippen molar-refractivity contribution in [1.29, 1.82) is 0 Å². The zero-order chi connectivity index (χ0) is 23.1. The fourth-order valence-electron chi connectivity index (χ4n) is 2.98. The third-order valence-electron chi connectivity index (χ3n) is 4.56. The van der Waals surface area contributed by atoms with Crippen LogP contribution in [0.3, 0.4) is 0 Å². The molecule has 32 heavy (non-hydrogen) atoms. The van der Waals surface area contributed by atoms with E-state index in [0.717, 1.165) is 5.75 Å². The molecule has 0 bridgehead atoms. The van der Waals surface area contributed by atoms with Gasteiger partial charge in [-0.05, 0) is 62.4 Å². The van der Waals surface area contributed by atoms with E-state index in [0.29, 0.717) is 35.3 Å². The Hall–Kier alpha value is -3.33. The second-order valence-electron chi connectivity index (χ2n) is 6.88. The Morgan fingerprint density at radius 2 is 1.75 bits per heavy atom. The van der Waals surface area contributed by atoms with E-state index in [1.807, 2.05) is 6.92 Å². The molecule has 1 aliphatic heterocycles. The summed E-state index contributed by atoms with van der Waals surface area (Å²) in [5.41, 5.74) is 1.67. The van der Waals surface area contributed by atoms with Crippen LogP contribution in [0.2, 0.25) is 0 Å². The van der Waals surface area contributed by atoms with Crippen LogP contribution in [0.1, 0.15) is 30.6 Å². The van der Waals surface area contributed by atoms with Crippen LogP contribution in [0, 0.1) is 0 Å². The average Bonchev–Trinajstić information content (AvgIpc) is 3.03. The molecule has 2 aromatic rings. The maximum atomic E-state index is 12.6. The maximum Gasteiger partial charge on any atom is 0.338 e. The molecule has 2 amide bonds. The Kier molecular flexibility index (Phi) is 7.88. The van der Waals surface area contributed by atoms with Gasteiger partial charge in [-0.3, -0.25) is 14.5 Å². The summed E-state index contributed by atoms with van der Waals surface area (Å²) in [5, 5.41) is 2.75. The van der Waals surface area contributed by atoms with Gasteiger partial charge in [0.05, 0.1) is 24.5 Å². The van der Waals surface area contributed by atoms with Crippen LogP contribution < -0.4 is 10.1 Å². The van der Waals surface area contributed by atoms with Gasteiger partial charge < -0.3 is 14.8 Å². The van der Waals surface area contributed by atoms with Crippen LogP contribution >= 0.6 is 11.8 Å². The fraction of sp³-hybridized carbons (Fsp3) is 0.304. The lowest BCUT2D eigenvalue weighted by Gasteiger charge is -2.10. The molecule has 0 unspecified atom stereocenters. The molecule has 1 heterocycles. The Morgan fingerprint density at radius 3 is 2.38 bits per heavy atom. The van der Waals surface area contributed by atoms with E-state index >= 15 is 0 Å². The number of hydrogen-bond donors (Lipinski definition) is 1. The Morgan fingerprint density at radius 1 is 1.06 bits per heavy atom. The number of carbonyl (C=O) groups is 3. The molecule has 168 valence electrons. The lowest BCUT2D eigenvalue weighted by atomic mass is 10.2. The number of anilines is 1. The lowest BCUT2D eigenvalue weighted by Crippen LogP contribution is -2.30. The first kappa shape index (κ1) is 23.3. The highest BCUT2D eigenvalue weighted by molar-refractivity contribution is 8.15. The van der Waals surface area contributed by atoms with Crippen molar-refractivity contribution in [2.24, 2.45) is 4.99 Å². The van der Waals surface area contributed by atoms with Crippen molar-refractivity contribution in [2.45, 2.75) is 25.5 Å². The number of nitrogens with zero attached hydrogens (tertiary/aromatic N) is 2. The summed E-state index contributed by atoms with van der Waals surface area (Å²) in [6.07, 6.45) is 0.0296. The van der Waals surface area contributed by atoms with Crippen LogP contribution in [-0.4, -0.2) is 53.4 Å². The number of ether oxygens (including phenoxy) is 2. The first-order valence-electron chi connectivity index (χ1n) is 10.2. The van der Waals surface area contributed by atoms with E-state index < -0.39 is 11.2 Å². The molecule has 9 heteroatoms. The summed E-state index contributed by atoms with van der Waals surface area (Å²) < 4.78 is 10.4. The predicted molar refractivity (Wildman–Crippen MR) is 125 cm³/mol. The van der Waals surface area contributed by atoms with Crippen LogP contribution in [0.15, 0.2) is 53.5 Å². The summed E-state index contributed by atoms with van der Waals surface area (Å²) in [7, 11) is 1.63. The second kappa shape index (κ2) is 10.8. The molecule has 0 spiro atoms. The number of hydrogen-bond acceptors (Lipinski definition) is 7. The van der Waals surface area contributed by atoms with Gasteiger partial charge >= 0.3 is 5.97 Å². The monoisotopic (exact) mass is 455 g/mol. The van der Waals surface area contributed by atoms with E-state index in [4.69, 9.17) is 9.47 Å². The molecule has 0 aliphatic carbocycles. The summed E-state index contributed by atoms with van der Waals surface area (Å²) in [6.45, 7) is 4.52. The summed E-state index contributed by atoms with van der Waals surface area (Å²) in [4.78, 5) is 42.7. The molecule has 0 saturated carbocycles. The van der Waals surface area contributed by atoms with E-state index in [1.54, 1.807) is 62.5 Å². The number of nitrogens with one attached hydrogen (secondary N) is 1. The van der Waals surface area contributed by atoms with Gasteiger partial charge in [0.1, 0.15) is 11.0 Å². The molecule has 1 aliphatic rings. The largest absolute Gasteiger partial charge is 0.494 e. The maximum absolute atomic E-state index is 12.6. The van der Waals surface area contributed by atoms with Gasteiger partial charge in [0.15, 0.2) is 5.17 Å². The van der Waals surface area contributed by atoms with Crippen LogP contribution in [0.4, 0.5) is 11.4 Å². The van der Waals surface area contributed by atoms with E-state index in [2.05, 4.69) is 10.3 Å². The van der Waals surface area contributed by atoms with Crippen LogP contribution in [0.25, 0.3) is 0 Å². The SMILES string of the molecule is CCOC(=O)c1ccc(N=C2S[C@H](CC(=O)Nc3ccc(OCC)cc3)C(=O)N2C)cc1. The molecule has 1 N–H and O–H groups in total. The van der Waals surface area contributed by atoms with Crippen molar-refractivity contribution in [1.82, 2.24) is 4.90 Å². The van der Waals surface area contributed by atoms with Gasteiger partial charge in [-0.1, -0.05) is 11.8 Å². The van der Waals surface area contributed by atoms with E-state index in [9.17, 15) is 14.4 Å². The highest BCUT2D eigenvalue weighted by atomic mass is 32.2. The number of amidine groups is 1. The zero-order valence-electron chi connectivity index (χ0n) is 18.2. The number of carbonyl (C=O) groups excluding carboxylic acids is 3. The Bertz CT molecular complexity index is 1010. The normalized spacial score (nSPS) is 16.8. The minimum Gasteiger partial charge on any atom is -0.494 e. The molecule has 8 nitrogen and oxygen atoms in total. The molecular formula is C23H25N3O5S. The first-order valence-corrected chi connectivity index (χ1v) is 11.1. The van der Waals surface area contributed by atoms with E-state index in [1.165, 1.54) is 16.7 Å². The topological polar surface area (TPSA) is 97.3 Å². The molecular weight excluding hydrogens is 430 g/mol. The molecule has 2 aromatic carbocycles. The van der Waals surface area contributed by atoms with Crippen molar-refractivity contribution in [2.75, 3.05) is 25.6 Å². The third-order valence-corrected chi connectivity index (χ3v) is 5.79. The quantitative estimate of drug-likeness (QED) is 0.607. The van der Waals surface area contributed by atoms with Gasteiger partial charge in [0.2, 0.25) is 11.8 Å². The molecule has 1 saturated heterocycles. The number of amides is 2. The average molecular weight is 456 g/mol. The van der Waals surface area contributed by atoms with Crippen molar-refractivity contribution in [3.8, 4) is 5.75 Å². The highest BCUT2D eigenvalue weighted by Gasteiger charge is 2.37. The van der Waals surface area contributed by atoms with Gasteiger partial charge in [0, 0.05) is 19.2 Å². The molecule has 0 radical (unpaired) electrons. The lowest BCUT2D eigenvalue weighted by molar-refractivity contribution is -0.127. The number of thioether (sulfide) groups is 1. The predicted octanol–water partition coefficient (Wildman–Crippen LogP) is 3.85. The fourth-order valence-corrected chi connectivity index (χ4v) is 4.13. The number of esters is 1. The van der Waals surface area contributed by atoms with Crippen molar-refractivity contribution >= 4 is 46.1 Å². The summed E-state index contributed by atoms with van der Waals surface area (Å²) >= 11 is 1.24. The van der Waals surface area contributed by atoms with Gasteiger partial charge in [-0.25, -0.2) is 9.79 Å².